The number of anilines is 2. The van der Waals surface area contributed by atoms with E-state index in [0.29, 0.717) is 6.42 Å². The molecule has 5 N–H and O–H groups in total. The molecule has 2 atom stereocenters. The molecule has 4 amide bonds. The van der Waals surface area contributed by atoms with E-state index in [1.165, 1.54) is 4.90 Å². The lowest BCUT2D eigenvalue weighted by Gasteiger charge is -2.47. The molecule has 0 bridgehead atoms. The van der Waals surface area contributed by atoms with Crippen molar-refractivity contribution in [2.24, 2.45) is 11.5 Å². The van der Waals surface area contributed by atoms with Gasteiger partial charge in [-0.15, -0.1) is 0 Å². The number of nitrogens with two attached hydrogens (primary N) is 2. The number of nitrogens with one attached hydrogen (secondary N) is 1. The number of fused-ring (bicyclic) bond motifs is 1. The minimum atomic E-state index is -0.902. The predicted octanol–water partition coefficient (Wildman–Crippen LogP) is 2.49. The fourth-order valence-electron chi connectivity index (χ4n) is 4.83. The van der Waals surface area contributed by atoms with Crippen LogP contribution in [0.3, 0.4) is 0 Å². The third kappa shape index (κ3) is 3.55. The number of urea groups is 1. The van der Waals surface area contributed by atoms with E-state index >= 15 is 0 Å². The van der Waals surface area contributed by atoms with Crippen molar-refractivity contribution in [3.05, 3.63) is 59.7 Å². The molecule has 2 aromatic carbocycles. The third-order valence-electron chi connectivity index (χ3n) is 6.64. The number of primary amides is 2. The number of hydrogen-bond donors (Lipinski definition) is 3. The average molecular weight is 436 g/mol. The highest BCUT2D eigenvalue weighted by Gasteiger charge is 2.50. The van der Waals surface area contributed by atoms with Crippen LogP contribution in [0.2, 0.25) is 0 Å². The first kappa shape index (κ1) is 21.7. The number of nitrogens with zero attached hydrogens (tertiary/aromatic N) is 2. The molecule has 0 spiro atoms. The zero-order valence-corrected chi connectivity index (χ0v) is 18.4. The maximum absolute atomic E-state index is 12.5. The molecule has 0 aromatic heterocycles. The van der Waals surface area contributed by atoms with E-state index in [9.17, 15) is 14.4 Å². The van der Waals surface area contributed by atoms with E-state index in [1.807, 2.05) is 54.3 Å². The number of hydrogen-bond acceptors (Lipinski definition) is 4. The smallest absolute Gasteiger partial charge is 0.314 e. The lowest BCUT2D eigenvalue weighted by atomic mass is 9.73. The summed E-state index contributed by atoms with van der Waals surface area (Å²) in [5, 5.41) is 3.58. The number of amides is 4. The molecule has 2 aromatic rings. The van der Waals surface area contributed by atoms with Crippen molar-refractivity contribution >= 4 is 29.2 Å². The first-order valence-corrected chi connectivity index (χ1v) is 10.9. The average Bonchev–Trinajstić information content (AvgIpc) is 2.73. The molecular formula is C24H29N5O3. The second-order valence-electron chi connectivity index (χ2n) is 8.68. The van der Waals surface area contributed by atoms with Gasteiger partial charge in [0.1, 0.15) is 5.41 Å². The molecule has 2 aliphatic heterocycles. The molecule has 0 aliphatic carbocycles. The highest BCUT2D eigenvalue weighted by Crippen LogP contribution is 2.40. The van der Waals surface area contributed by atoms with Crippen molar-refractivity contribution in [2.75, 3.05) is 23.3 Å². The van der Waals surface area contributed by atoms with Gasteiger partial charge in [0.15, 0.2) is 0 Å². The number of carbonyl (C=O) groups is 3. The summed E-state index contributed by atoms with van der Waals surface area (Å²) >= 11 is 0. The number of carbonyl (C=O) groups excluding carboxylic acids is 3. The van der Waals surface area contributed by atoms with E-state index in [2.05, 4.69) is 18.3 Å². The Hall–Kier alpha value is -3.55. The highest BCUT2D eigenvalue weighted by atomic mass is 16.2. The molecule has 0 radical (unpaired) electrons. The quantitative estimate of drug-likeness (QED) is 0.668. The molecule has 168 valence electrons. The summed E-state index contributed by atoms with van der Waals surface area (Å²) in [6.07, 6.45) is 1.25. The van der Waals surface area contributed by atoms with Crippen molar-refractivity contribution in [2.45, 2.75) is 44.2 Å². The van der Waals surface area contributed by atoms with Crippen LogP contribution in [-0.2, 0) is 15.0 Å². The van der Waals surface area contributed by atoms with Gasteiger partial charge in [0.05, 0.1) is 6.04 Å². The first-order chi connectivity index (χ1) is 15.3. The van der Waals surface area contributed by atoms with Crippen LogP contribution < -0.4 is 21.7 Å². The molecule has 8 nitrogen and oxygen atoms in total. The van der Waals surface area contributed by atoms with Crippen molar-refractivity contribution < 1.29 is 14.4 Å². The van der Waals surface area contributed by atoms with Gasteiger partial charge >= 0.3 is 6.03 Å². The van der Waals surface area contributed by atoms with Crippen LogP contribution >= 0.6 is 0 Å². The van der Waals surface area contributed by atoms with E-state index < -0.39 is 17.4 Å². The topological polar surface area (TPSA) is 122 Å². The largest absolute Gasteiger partial charge is 0.378 e. The Kier molecular flexibility index (Phi) is 5.54. The Bertz CT molecular complexity index is 1050. The van der Waals surface area contributed by atoms with Crippen LogP contribution in [0.4, 0.5) is 16.2 Å². The Morgan fingerprint density at radius 1 is 1.06 bits per heavy atom. The fraction of sp³-hybridized carbons (Fsp3) is 0.375. The monoisotopic (exact) mass is 435 g/mol. The lowest BCUT2D eigenvalue weighted by molar-refractivity contribution is -0.128. The fourth-order valence-corrected chi connectivity index (χ4v) is 4.83. The lowest BCUT2D eigenvalue weighted by Crippen LogP contribution is -2.67. The second kappa shape index (κ2) is 8.18. The maximum atomic E-state index is 12.5. The van der Waals surface area contributed by atoms with Gasteiger partial charge in [0, 0.05) is 36.9 Å². The Labute approximate surface area is 187 Å². The van der Waals surface area contributed by atoms with E-state index in [0.717, 1.165) is 28.9 Å². The number of rotatable bonds is 5. The van der Waals surface area contributed by atoms with Crippen molar-refractivity contribution in [3.8, 4) is 0 Å². The summed E-state index contributed by atoms with van der Waals surface area (Å²) in [6, 6.07) is 15.1. The van der Waals surface area contributed by atoms with Gasteiger partial charge in [0.2, 0.25) is 11.8 Å². The molecule has 2 heterocycles. The molecule has 1 fully saturated rings. The first-order valence-electron chi connectivity index (χ1n) is 10.9. The Balaban J connectivity index is 1.56. The van der Waals surface area contributed by atoms with Crippen LogP contribution in [0.25, 0.3) is 0 Å². The minimum Gasteiger partial charge on any atom is -0.378 e. The van der Waals surface area contributed by atoms with Gasteiger partial charge in [-0.3, -0.25) is 9.59 Å². The predicted molar refractivity (Wildman–Crippen MR) is 123 cm³/mol. The van der Waals surface area contributed by atoms with Crippen LogP contribution in [-0.4, -0.2) is 41.9 Å². The third-order valence-corrected chi connectivity index (χ3v) is 6.64. The normalized spacial score (nSPS) is 21.3. The number of para-hydroxylation sites is 1. The maximum Gasteiger partial charge on any atom is 0.314 e. The van der Waals surface area contributed by atoms with Crippen LogP contribution in [0.1, 0.15) is 43.9 Å². The summed E-state index contributed by atoms with van der Waals surface area (Å²) < 4.78 is 0. The molecule has 8 heteroatoms. The van der Waals surface area contributed by atoms with Gasteiger partial charge in [-0.2, -0.15) is 0 Å². The zero-order chi connectivity index (χ0) is 23.0. The zero-order valence-electron chi connectivity index (χ0n) is 18.4. The van der Waals surface area contributed by atoms with Gasteiger partial charge in [-0.1, -0.05) is 37.3 Å². The molecule has 2 aliphatic rings. The molecular weight excluding hydrogens is 406 g/mol. The summed E-state index contributed by atoms with van der Waals surface area (Å²) in [7, 11) is 0. The highest BCUT2D eigenvalue weighted by molar-refractivity contribution is 5.95. The van der Waals surface area contributed by atoms with Gasteiger partial charge in [-0.25, -0.2) is 4.79 Å². The van der Waals surface area contributed by atoms with Crippen LogP contribution in [0.5, 0.6) is 0 Å². The Morgan fingerprint density at radius 2 is 1.72 bits per heavy atom. The number of likely N-dealkylation sites (tertiary alicyclic amines) is 1. The van der Waals surface area contributed by atoms with E-state index in [-0.39, 0.29) is 31.1 Å². The van der Waals surface area contributed by atoms with Gasteiger partial charge < -0.3 is 26.6 Å². The summed E-state index contributed by atoms with van der Waals surface area (Å²) in [6.45, 7) is 4.34. The molecule has 32 heavy (non-hydrogen) atoms. The van der Waals surface area contributed by atoms with Gasteiger partial charge in [0.25, 0.3) is 0 Å². The Morgan fingerprint density at radius 3 is 2.31 bits per heavy atom. The molecule has 0 saturated carbocycles. The molecule has 1 saturated heterocycles. The van der Waals surface area contributed by atoms with Crippen LogP contribution in [0.15, 0.2) is 48.5 Å². The molecule has 4 rings (SSSR count). The van der Waals surface area contributed by atoms with Crippen molar-refractivity contribution in [1.29, 1.82) is 0 Å². The summed E-state index contributed by atoms with van der Waals surface area (Å²) in [5.41, 5.74) is 13.8. The summed E-state index contributed by atoms with van der Waals surface area (Å²) in [5.74, 6) is -0.346. The van der Waals surface area contributed by atoms with E-state index in [1.54, 1.807) is 0 Å². The summed E-state index contributed by atoms with van der Waals surface area (Å²) in [4.78, 5) is 39.4. The number of benzene rings is 2. The SMILES string of the molecule is CCC(=O)N1c2ccccc2[C@H](Nc2ccc(C3(C(N)=O)CN(C(N)=O)C3)cc2)C[C@@H]1C. The van der Waals surface area contributed by atoms with E-state index in [4.69, 9.17) is 11.5 Å². The molecule has 0 unspecified atom stereocenters. The standard InChI is InChI=1S/C24H29N5O3/c1-3-21(30)29-15(2)12-19(18-6-4-5-7-20(18)29)27-17-10-8-16(9-11-17)24(22(25)31)13-28(14-24)23(26)32/h4-11,15,19,27H,3,12-14H2,1-2H3,(H2,25,31)(H2,26,32)/t15-,19+/m0/s1. The second-order valence-corrected chi connectivity index (χ2v) is 8.68. The van der Waals surface area contributed by atoms with Crippen LogP contribution in [0, 0.1) is 0 Å². The van der Waals surface area contributed by atoms with Crippen molar-refractivity contribution in [1.82, 2.24) is 4.90 Å². The van der Waals surface area contributed by atoms with Crippen molar-refractivity contribution in [3.63, 3.8) is 0 Å². The van der Waals surface area contributed by atoms with Gasteiger partial charge in [-0.05, 0) is 42.7 Å². The minimum absolute atomic E-state index is 0.0483.